The molecule has 8 rings (SSSR count). The minimum atomic E-state index is 1.12. The van der Waals surface area contributed by atoms with Crippen LogP contribution < -0.4 is 9.80 Å². The molecule has 8 aromatic rings. The Kier molecular flexibility index (Phi) is 7.68. The summed E-state index contributed by atoms with van der Waals surface area (Å²) in [5.74, 6) is 0. The summed E-state index contributed by atoms with van der Waals surface area (Å²) in [5.41, 5.74) is 11.7. The fourth-order valence-corrected chi connectivity index (χ4v) is 6.65. The van der Waals surface area contributed by atoms with Crippen molar-refractivity contribution in [2.24, 2.45) is 0 Å². The average Bonchev–Trinajstić information content (AvgIpc) is 3.14. The van der Waals surface area contributed by atoms with Gasteiger partial charge in [0.05, 0.1) is 11.4 Å². The molecule has 0 atom stereocenters. The molecule has 0 spiro atoms. The van der Waals surface area contributed by atoms with E-state index in [4.69, 9.17) is 0 Å². The van der Waals surface area contributed by atoms with Gasteiger partial charge in [0, 0.05) is 33.5 Å². The lowest BCUT2D eigenvalue weighted by Crippen LogP contribution is -2.10. The number of benzene rings is 8. The molecule has 8 aromatic carbocycles. The lowest BCUT2D eigenvalue weighted by molar-refractivity contribution is 1.28. The van der Waals surface area contributed by atoms with E-state index in [-0.39, 0.29) is 0 Å². The van der Waals surface area contributed by atoms with Gasteiger partial charge in [-0.05, 0) is 96.4 Å². The second kappa shape index (κ2) is 12.6. The molecule has 0 aliphatic carbocycles. The molecule has 0 heterocycles. The zero-order valence-corrected chi connectivity index (χ0v) is 27.2. The van der Waals surface area contributed by atoms with E-state index in [2.05, 4.69) is 206 Å². The van der Waals surface area contributed by atoms with Gasteiger partial charge in [-0.3, -0.25) is 0 Å². The SMILES string of the molecule is Cc1ccc(N(c2ccc(-c3ccc(N(c4ccc(C)cc4)c4cccc5ccccc45)cc3)cc2)c2cccc3ccccc23)cc1. The standard InChI is InChI=1S/C46H36N2/c1-33-17-25-39(26-18-33)47(45-15-7-11-37-9-3-5-13-43(37)45)41-29-21-35(22-30-41)36-23-31-42(32-24-36)48(40-27-19-34(2)20-28-40)46-16-8-12-38-10-4-6-14-44(38)46/h3-32H,1-2H3. The maximum Gasteiger partial charge on any atom is 0.0540 e. The zero-order valence-electron chi connectivity index (χ0n) is 27.2. The maximum atomic E-state index is 2.36. The fraction of sp³-hybridized carbons (Fsp3) is 0.0435. The van der Waals surface area contributed by atoms with E-state index in [9.17, 15) is 0 Å². The molecular formula is C46H36N2. The first kappa shape index (κ1) is 29.3. The van der Waals surface area contributed by atoms with Crippen molar-refractivity contribution in [3.05, 3.63) is 193 Å². The van der Waals surface area contributed by atoms with E-state index < -0.39 is 0 Å². The first-order valence-corrected chi connectivity index (χ1v) is 16.5. The van der Waals surface area contributed by atoms with Crippen LogP contribution in [0.3, 0.4) is 0 Å². The average molecular weight is 617 g/mol. The molecule has 0 radical (unpaired) electrons. The van der Waals surface area contributed by atoms with E-state index in [0.29, 0.717) is 0 Å². The number of anilines is 6. The Hall–Kier alpha value is -6.12. The first-order valence-electron chi connectivity index (χ1n) is 16.5. The highest BCUT2D eigenvalue weighted by atomic mass is 15.1. The van der Waals surface area contributed by atoms with Crippen molar-refractivity contribution in [2.75, 3.05) is 9.80 Å². The van der Waals surface area contributed by atoms with Crippen molar-refractivity contribution in [1.82, 2.24) is 0 Å². The van der Waals surface area contributed by atoms with Gasteiger partial charge in [0.2, 0.25) is 0 Å². The predicted molar refractivity (Wildman–Crippen MR) is 206 cm³/mol. The molecule has 2 nitrogen and oxygen atoms in total. The normalized spacial score (nSPS) is 11.1. The van der Waals surface area contributed by atoms with Crippen molar-refractivity contribution in [1.29, 1.82) is 0 Å². The third-order valence-corrected chi connectivity index (χ3v) is 9.18. The Morgan fingerprint density at radius 2 is 0.604 bits per heavy atom. The van der Waals surface area contributed by atoms with Crippen molar-refractivity contribution in [3.63, 3.8) is 0 Å². The van der Waals surface area contributed by atoms with E-state index in [1.807, 2.05) is 0 Å². The van der Waals surface area contributed by atoms with Gasteiger partial charge >= 0.3 is 0 Å². The van der Waals surface area contributed by atoms with E-state index >= 15 is 0 Å². The van der Waals surface area contributed by atoms with Crippen LogP contribution in [0.25, 0.3) is 32.7 Å². The summed E-state index contributed by atoms with van der Waals surface area (Å²) in [5, 5.41) is 4.91. The van der Waals surface area contributed by atoms with Gasteiger partial charge in [0.15, 0.2) is 0 Å². The second-order valence-electron chi connectivity index (χ2n) is 12.4. The first-order chi connectivity index (χ1) is 23.6. The molecule has 0 unspecified atom stereocenters. The van der Waals surface area contributed by atoms with E-state index in [1.165, 1.54) is 55.2 Å². The van der Waals surface area contributed by atoms with Gasteiger partial charge in [-0.15, -0.1) is 0 Å². The summed E-state index contributed by atoms with van der Waals surface area (Å²) in [6.45, 7) is 4.27. The maximum absolute atomic E-state index is 2.36. The largest absolute Gasteiger partial charge is 0.310 e. The van der Waals surface area contributed by atoms with Crippen LogP contribution in [-0.2, 0) is 0 Å². The van der Waals surface area contributed by atoms with Gasteiger partial charge in [-0.1, -0.05) is 132 Å². The molecule has 0 N–H and O–H groups in total. The molecule has 0 aliphatic rings. The number of rotatable bonds is 7. The smallest absolute Gasteiger partial charge is 0.0540 e. The molecule has 48 heavy (non-hydrogen) atoms. The van der Waals surface area contributed by atoms with E-state index in [1.54, 1.807) is 0 Å². The number of hydrogen-bond acceptors (Lipinski definition) is 2. The highest BCUT2D eigenvalue weighted by Crippen LogP contribution is 2.41. The predicted octanol–water partition coefficient (Wildman–Crippen LogP) is 13.2. The lowest BCUT2D eigenvalue weighted by atomic mass is 10.0. The summed E-state index contributed by atoms with van der Waals surface area (Å²) in [7, 11) is 0. The Labute approximate surface area is 282 Å². The van der Waals surface area contributed by atoms with Crippen molar-refractivity contribution in [2.45, 2.75) is 13.8 Å². The Balaban J connectivity index is 1.16. The molecule has 230 valence electrons. The summed E-state index contributed by atoms with van der Waals surface area (Å²) >= 11 is 0. The number of aryl methyl sites for hydroxylation is 2. The van der Waals surface area contributed by atoms with Crippen LogP contribution in [0, 0.1) is 13.8 Å². The highest BCUT2D eigenvalue weighted by Gasteiger charge is 2.17. The summed E-state index contributed by atoms with van der Waals surface area (Å²) in [4.78, 5) is 4.72. The monoisotopic (exact) mass is 616 g/mol. The Bertz CT molecular complexity index is 2160. The molecule has 0 aromatic heterocycles. The van der Waals surface area contributed by atoms with Crippen LogP contribution in [0.4, 0.5) is 34.1 Å². The summed E-state index contributed by atoms with van der Waals surface area (Å²) in [6, 6.07) is 65.7. The summed E-state index contributed by atoms with van der Waals surface area (Å²) in [6.07, 6.45) is 0. The molecule has 0 saturated heterocycles. The number of fused-ring (bicyclic) bond motifs is 2. The number of hydrogen-bond donors (Lipinski definition) is 0. The van der Waals surface area contributed by atoms with Crippen LogP contribution in [0.2, 0.25) is 0 Å². The molecule has 2 heteroatoms. The Morgan fingerprint density at radius 3 is 0.979 bits per heavy atom. The topological polar surface area (TPSA) is 6.48 Å². The number of nitrogens with zero attached hydrogens (tertiary/aromatic N) is 2. The third-order valence-electron chi connectivity index (χ3n) is 9.18. The van der Waals surface area contributed by atoms with Gasteiger partial charge in [-0.25, -0.2) is 0 Å². The minimum absolute atomic E-state index is 1.12. The molecule has 0 fully saturated rings. The Morgan fingerprint density at radius 1 is 0.292 bits per heavy atom. The zero-order chi connectivity index (χ0) is 32.5. The van der Waals surface area contributed by atoms with Gasteiger partial charge in [0.1, 0.15) is 0 Å². The van der Waals surface area contributed by atoms with Crippen molar-refractivity contribution >= 4 is 55.7 Å². The van der Waals surface area contributed by atoms with Gasteiger partial charge < -0.3 is 9.80 Å². The summed E-state index contributed by atoms with van der Waals surface area (Å²) < 4.78 is 0. The lowest BCUT2D eigenvalue weighted by Gasteiger charge is -2.27. The van der Waals surface area contributed by atoms with Gasteiger partial charge in [-0.2, -0.15) is 0 Å². The van der Waals surface area contributed by atoms with Crippen molar-refractivity contribution in [3.8, 4) is 11.1 Å². The molecule has 0 bridgehead atoms. The highest BCUT2D eigenvalue weighted by molar-refractivity contribution is 6.00. The molecule has 0 amide bonds. The van der Waals surface area contributed by atoms with Gasteiger partial charge in [0.25, 0.3) is 0 Å². The van der Waals surface area contributed by atoms with E-state index in [0.717, 1.165) is 22.7 Å². The molecular weight excluding hydrogens is 581 g/mol. The van der Waals surface area contributed by atoms with Crippen LogP contribution >= 0.6 is 0 Å². The quantitative estimate of drug-likeness (QED) is 0.176. The minimum Gasteiger partial charge on any atom is -0.310 e. The van der Waals surface area contributed by atoms with Crippen LogP contribution in [0.1, 0.15) is 11.1 Å². The third kappa shape index (κ3) is 5.59. The van der Waals surface area contributed by atoms with Crippen molar-refractivity contribution < 1.29 is 0 Å². The fourth-order valence-electron chi connectivity index (χ4n) is 6.65. The molecule has 0 saturated carbocycles. The van der Waals surface area contributed by atoms with Crippen LogP contribution in [0.5, 0.6) is 0 Å². The molecule has 0 aliphatic heterocycles. The van der Waals surface area contributed by atoms with Crippen LogP contribution in [-0.4, -0.2) is 0 Å². The second-order valence-corrected chi connectivity index (χ2v) is 12.4. The van der Waals surface area contributed by atoms with Crippen LogP contribution in [0.15, 0.2) is 182 Å².